The first-order chi connectivity index (χ1) is 11.6. The highest BCUT2D eigenvalue weighted by molar-refractivity contribution is 5.91. The lowest BCUT2D eigenvalue weighted by Gasteiger charge is -2.51. The molecule has 0 bridgehead atoms. The van der Waals surface area contributed by atoms with Gasteiger partial charge < -0.3 is 19.7 Å². The van der Waals surface area contributed by atoms with Crippen molar-refractivity contribution in [3.63, 3.8) is 0 Å². The van der Waals surface area contributed by atoms with E-state index in [4.69, 9.17) is 9.47 Å². The van der Waals surface area contributed by atoms with Gasteiger partial charge in [-0.15, -0.1) is 6.58 Å². The van der Waals surface area contributed by atoms with Crippen LogP contribution in [-0.4, -0.2) is 47.1 Å². The van der Waals surface area contributed by atoms with Crippen molar-refractivity contribution in [2.45, 2.75) is 39.1 Å². The van der Waals surface area contributed by atoms with Crippen molar-refractivity contribution in [3.8, 4) is 0 Å². The quantitative estimate of drug-likeness (QED) is 0.442. The molecular formula is C19H26O6. The summed E-state index contributed by atoms with van der Waals surface area (Å²) < 4.78 is 11.1. The third kappa shape index (κ3) is 2.93. The summed E-state index contributed by atoms with van der Waals surface area (Å²) in [6, 6.07) is 0. The Balaban J connectivity index is 2.57. The van der Waals surface area contributed by atoms with Gasteiger partial charge in [0.1, 0.15) is 12.2 Å². The molecule has 0 aromatic carbocycles. The van der Waals surface area contributed by atoms with E-state index in [-0.39, 0.29) is 18.1 Å². The van der Waals surface area contributed by atoms with Crippen LogP contribution in [-0.2, 0) is 19.1 Å². The van der Waals surface area contributed by atoms with Gasteiger partial charge in [0.25, 0.3) is 0 Å². The maximum absolute atomic E-state index is 12.2. The average Bonchev–Trinajstić information content (AvgIpc) is 2.86. The minimum Gasteiger partial charge on any atom is -0.457 e. The summed E-state index contributed by atoms with van der Waals surface area (Å²) in [7, 11) is 0. The van der Waals surface area contributed by atoms with E-state index in [1.807, 2.05) is 0 Å². The number of fused-ring (bicyclic) bond motifs is 1. The van der Waals surface area contributed by atoms with Gasteiger partial charge in [0, 0.05) is 16.9 Å². The van der Waals surface area contributed by atoms with Gasteiger partial charge in [-0.3, -0.25) is 4.79 Å². The molecule has 2 N–H and O–H groups in total. The Hall–Kier alpha value is -1.92. The smallest absolute Gasteiger partial charge is 0.334 e. The predicted molar refractivity (Wildman–Crippen MR) is 91.3 cm³/mol. The van der Waals surface area contributed by atoms with Crippen LogP contribution < -0.4 is 0 Å². The van der Waals surface area contributed by atoms with Crippen molar-refractivity contribution in [1.29, 1.82) is 0 Å². The molecule has 0 spiro atoms. The van der Waals surface area contributed by atoms with Crippen LogP contribution in [0.1, 0.15) is 20.8 Å². The Morgan fingerprint density at radius 1 is 1.48 bits per heavy atom. The van der Waals surface area contributed by atoms with E-state index in [1.165, 1.54) is 0 Å². The van der Waals surface area contributed by atoms with Gasteiger partial charge >= 0.3 is 11.9 Å². The highest BCUT2D eigenvalue weighted by Crippen LogP contribution is 2.53. The van der Waals surface area contributed by atoms with Crippen molar-refractivity contribution in [2.75, 3.05) is 6.61 Å². The van der Waals surface area contributed by atoms with Crippen LogP contribution in [0.15, 0.2) is 37.0 Å². The normalized spacial score (nSPS) is 37.4. The second-order valence-corrected chi connectivity index (χ2v) is 7.29. The molecule has 1 aliphatic heterocycles. The van der Waals surface area contributed by atoms with Crippen LogP contribution >= 0.6 is 0 Å². The molecule has 2 aliphatic rings. The Bertz CT molecular complexity index is 621. The number of hydrogen-bond donors (Lipinski definition) is 2. The SMILES string of the molecule is C=C[C@@]1(C)[C@H](C(=C)CO)[C@@H](O)[C@@H]2C(=C)C(=O)O[C@@H]2[C@@H]1OC(=O)C(C)C. The molecule has 2 fully saturated rings. The molecule has 0 radical (unpaired) electrons. The summed E-state index contributed by atoms with van der Waals surface area (Å²) in [5.41, 5.74) is -0.480. The maximum Gasteiger partial charge on any atom is 0.334 e. The minimum atomic E-state index is -1.07. The van der Waals surface area contributed by atoms with E-state index in [2.05, 4.69) is 19.7 Å². The lowest BCUT2D eigenvalue weighted by Crippen LogP contribution is -2.61. The molecule has 1 heterocycles. The fraction of sp³-hybridized carbons (Fsp3) is 0.579. The lowest BCUT2D eigenvalue weighted by molar-refractivity contribution is -0.195. The number of carbonyl (C=O) groups is 2. The minimum absolute atomic E-state index is 0.130. The number of rotatable bonds is 5. The molecule has 1 saturated heterocycles. The molecule has 138 valence electrons. The zero-order valence-electron chi connectivity index (χ0n) is 14.9. The number of aliphatic hydroxyl groups excluding tert-OH is 2. The maximum atomic E-state index is 12.2. The number of esters is 2. The van der Waals surface area contributed by atoms with Gasteiger partial charge in [-0.2, -0.15) is 0 Å². The van der Waals surface area contributed by atoms with Crippen molar-refractivity contribution in [3.05, 3.63) is 37.0 Å². The van der Waals surface area contributed by atoms with Crippen molar-refractivity contribution in [1.82, 2.24) is 0 Å². The Morgan fingerprint density at radius 3 is 2.56 bits per heavy atom. The van der Waals surface area contributed by atoms with Crippen molar-refractivity contribution < 1.29 is 29.3 Å². The van der Waals surface area contributed by atoms with Gasteiger partial charge in [0.15, 0.2) is 0 Å². The third-order valence-electron chi connectivity index (χ3n) is 5.35. The van der Waals surface area contributed by atoms with Crippen LogP contribution in [0.5, 0.6) is 0 Å². The second kappa shape index (κ2) is 6.77. The van der Waals surface area contributed by atoms with E-state index in [0.29, 0.717) is 5.57 Å². The molecule has 2 rings (SSSR count). The van der Waals surface area contributed by atoms with E-state index in [9.17, 15) is 19.8 Å². The molecule has 1 aliphatic carbocycles. The summed E-state index contributed by atoms with van der Waals surface area (Å²) in [5, 5.41) is 20.5. The summed E-state index contributed by atoms with van der Waals surface area (Å²) >= 11 is 0. The summed E-state index contributed by atoms with van der Waals surface area (Å²) in [5.74, 6) is -2.86. The van der Waals surface area contributed by atoms with Crippen molar-refractivity contribution >= 4 is 11.9 Å². The first-order valence-corrected chi connectivity index (χ1v) is 8.30. The molecule has 0 aromatic rings. The fourth-order valence-electron chi connectivity index (χ4n) is 3.84. The molecule has 1 saturated carbocycles. The molecule has 0 unspecified atom stereocenters. The summed E-state index contributed by atoms with van der Waals surface area (Å²) in [4.78, 5) is 24.3. The van der Waals surface area contributed by atoms with Crippen LogP contribution in [0.4, 0.5) is 0 Å². The number of carbonyl (C=O) groups excluding carboxylic acids is 2. The zero-order chi connectivity index (χ0) is 19.1. The van der Waals surface area contributed by atoms with Gasteiger partial charge in [-0.1, -0.05) is 40.0 Å². The first kappa shape index (κ1) is 19.4. The lowest BCUT2D eigenvalue weighted by atomic mass is 9.57. The van der Waals surface area contributed by atoms with Crippen LogP contribution in [0, 0.1) is 23.2 Å². The molecule has 0 aromatic heterocycles. The Morgan fingerprint density at radius 2 is 2.08 bits per heavy atom. The summed E-state index contributed by atoms with van der Waals surface area (Å²) in [6.07, 6.45) is -1.24. The number of hydrogen-bond acceptors (Lipinski definition) is 6. The number of aliphatic hydroxyl groups is 2. The molecule has 6 atom stereocenters. The van der Waals surface area contributed by atoms with Gasteiger partial charge in [-0.05, 0) is 5.57 Å². The molecule has 25 heavy (non-hydrogen) atoms. The highest BCUT2D eigenvalue weighted by atomic mass is 16.6. The van der Waals surface area contributed by atoms with Gasteiger partial charge in [0.05, 0.1) is 24.5 Å². The van der Waals surface area contributed by atoms with E-state index in [1.54, 1.807) is 26.8 Å². The standard InChI is InChI=1S/C19H26O6/c1-7-19(6)13(10(4)8-20)14(21)12-11(5)18(23)24-15(12)16(19)25-17(22)9(2)3/h7,9,12-16,20-21H,1,4-5,8H2,2-3,6H3/t12-,13+,14-,15-,16-,19-/m0/s1. The Kier molecular flexibility index (Phi) is 5.25. The van der Waals surface area contributed by atoms with E-state index >= 15 is 0 Å². The summed E-state index contributed by atoms with van der Waals surface area (Å²) in [6.45, 7) is 16.2. The van der Waals surface area contributed by atoms with Crippen LogP contribution in [0.3, 0.4) is 0 Å². The first-order valence-electron chi connectivity index (χ1n) is 8.30. The molecule has 0 amide bonds. The second-order valence-electron chi connectivity index (χ2n) is 7.29. The highest BCUT2D eigenvalue weighted by Gasteiger charge is 2.63. The van der Waals surface area contributed by atoms with E-state index in [0.717, 1.165) is 0 Å². The predicted octanol–water partition coefficient (Wildman–Crippen LogP) is 1.38. The fourth-order valence-corrected chi connectivity index (χ4v) is 3.84. The van der Waals surface area contributed by atoms with Crippen LogP contribution in [0.25, 0.3) is 0 Å². The van der Waals surface area contributed by atoms with Gasteiger partial charge in [0.2, 0.25) is 0 Å². The Labute approximate surface area is 147 Å². The van der Waals surface area contributed by atoms with E-state index < -0.39 is 47.5 Å². The molecule has 6 heteroatoms. The average molecular weight is 350 g/mol. The molecular weight excluding hydrogens is 324 g/mol. The topological polar surface area (TPSA) is 93.1 Å². The zero-order valence-corrected chi connectivity index (χ0v) is 14.9. The van der Waals surface area contributed by atoms with Crippen LogP contribution in [0.2, 0.25) is 0 Å². The van der Waals surface area contributed by atoms with Gasteiger partial charge in [-0.25, -0.2) is 4.79 Å². The monoisotopic (exact) mass is 350 g/mol. The molecule has 6 nitrogen and oxygen atoms in total. The third-order valence-corrected chi connectivity index (χ3v) is 5.35. The van der Waals surface area contributed by atoms with Crippen molar-refractivity contribution in [2.24, 2.45) is 23.2 Å². The number of ether oxygens (including phenoxy) is 2. The largest absolute Gasteiger partial charge is 0.457 e.